The SMILES string of the molecule is CC[C@@H](C)c1ccc(S(=O)(=O)N2CCc3cc(C(=O)O)ccc32)cc1. The first kappa shape index (κ1) is 17.5. The van der Waals surface area contributed by atoms with E-state index in [0.717, 1.165) is 17.5 Å². The Hall–Kier alpha value is -2.34. The summed E-state index contributed by atoms with van der Waals surface area (Å²) < 4.78 is 27.3. The van der Waals surface area contributed by atoms with Gasteiger partial charge in [-0.1, -0.05) is 26.0 Å². The van der Waals surface area contributed by atoms with Gasteiger partial charge in [-0.2, -0.15) is 0 Å². The average molecular weight is 359 g/mol. The zero-order valence-corrected chi connectivity index (χ0v) is 15.1. The van der Waals surface area contributed by atoms with E-state index >= 15 is 0 Å². The molecular formula is C19H21NO4S. The number of carbonyl (C=O) groups is 1. The van der Waals surface area contributed by atoms with E-state index in [-0.39, 0.29) is 10.5 Å². The number of nitrogens with zero attached hydrogens (tertiary/aromatic N) is 1. The number of carboxylic acids is 1. The zero-order valence-electron chi connectivity index (χ0n) is 14.3. The molecule has 0 radical (unpaired) electrons. The van der Waals surface area contributed by atoms with Crippen LogP contribution in [0.15, 0.2) is 47.4 Å². The molecule has 0 aromatic heterocycles. The van der Waals surface area contributed by atoms with Gasteiger partial charge in [0.15, 0.2) is 0 Å². The van der Waals surface area contributed by atoms with Gasteiger partial charge in [-0.15, -0.1) is 0 Å². The number of rotatable bonds is 5. The van der Waals surface area contributed by atoms with E-state index in [1.807, 2.05) is 12.1 Å². The van der Waals surface area contributed by atoms with Gasteiger partial charge in [0.1, 0.15) is 0 Å². The van der Waals surface area contributed by atoms with Crippen molar-refractivity contribution in [1.29, 1.82) is 0 Å². The second kappa shape index (κ2) is 6.52. The molecule has 0 fully saturated rings. The summed E-state index contributed by atoms with van der Waals surface area (Å²) in [6.07, 6.45) is 1.51. The molecule has 2 aromatic rings. The highest BCUT2D eigenvalue weighted by molar-refractivity contribution is 7.92. The van der Waals surface area contributed by atoms with Crippen molar-refractivity contribution in [3.05, 3.63) is 59.2 Å². The van der Waals surface area contributed by atoms with Gasteiger partial charge in [-0.25, -0.2) is 13.2 Å². The van der Waals surface area contributed by atoms with Gasteiger partial charge in [0.05, 0.1) is 16.1 Å². The van der Waals surface area contributed by atoms with E-state index in [0.29, 0.717) is 24.6 Å². The summed E-state index contributed by atoms with van der Waals surface area (Å²) in [5, 5.41) is 9.08. The number of benzene rings is 2. The fraction of sp³-hybridized carbons (Fsp3) is 0.316. The van der Waals surface area contributed by atoms with Gasteiger partial charge in [0, 0.05) is 6.54 Å². The summed E-state index contributed by atoms with van der Waals surface area (Å²) >= 11 is 0. The minimum absolute atomic E-state index is 0.177. The molecule has 1 aliphatic rings. The number of anilines is 1. The van der Waals surface area contributed by atoms with Crippen molar-refractivity contribution >= 4 is 21.7 Å². The third-order valence-electron chi connectivity index (χ3n) is 4.83. The van der Waals surface area contributed by atoms with Crippen LogP contribution in [0.2, 0.25) is 0 Å². The second-order valence-electron chi connectivity index (χ2n) is 6.35. The maximum absolute atomic E-state index is 13.0. The van der Waals surface area contributed by atoms with Crippen LogP contribution in [0.25, 0.3) is 0 Å². The van der Waals surface area contributed by atoms with Gasteiger partial charge in [0.25, 0.3) is 10.0 Å². The lowest BCUT2D eigenvalue weighted by atomic mass is 9.99. The van der Waals surface area contributed by atoms with Gasteiger partial charge in [0.2, 0.25) is 0 Å². The van der Waals surface area contributed by atoms with Crippen molar-refractivity contribution in [1.82, 2.24) is 0 Å². The number of hydrogen-bond acceptors (Lipinski definition) is 3. The Bertz CT molecular complexity index is 904. The molecule has 1 aliphatic heterocycles. The molecule has 132 valence electrons. The monoisotopic (exact) mass is 359 g/mol. The number of carboxylic acid groups (broad SMARTS) is 1. The topological polar surface area (TPSA) is 74.7 Å². The number of hydrogen-bond donors (Lipinski definition) is 1. The molecule has 1 N–H and O–H groups in total. The van der Waals surface area contributed by atoms with Crippen molar-refractivity contribution in [3.63, 3.8) is 0 Å². The Kier molecular flexibility index (Phi) is 4.56. The largest absolute Gasteiger partial charge is 0.478 e. The van der Waals surface area contributed by atoms with Crippen LogP contribution in [0.3, 0.4) is 0 Å². The summed E-state index contributed by atoms with van der Waals surface area (Å²) in [4.78, 5) is 11.3. The first-order chi connectivity index (χ1) is 11.8. The zero-order chi connectivity index (χ0) is 18.2. The lowest BCUT2D eigenvalue weighted by molar-refractivity contribution is 0.0697. The van der Waals surface area contributed by atoms with Gasteiger partial charge >= 0.3 is 5.97 Å². The Morgan fingerprint density at radius 2 is 1.88 bits per heavy atom. The molecule has 0 bridgehead atoms. The van der Waals surface area contributed by atoms with Crippen LogP contribution in [0.1, 0.15) is 47.7 Å². The normalized spacial score (nSPS) is 15.0. The molecule has 0 aliphatic carbocycles. The van der Waals surface area contributed by atoms with Crippen LogP contribution in [-0.2, 0) is 16.4 Å². The molecule has 2 aromatic carbocycles. The standard InChI is InChI=1S/C19H21NO4S/c1-3-13(2)14-4-7-17(8-5-14)25(23,24)20-11-10-15-12-16(19(21)22)6-9-18(15)20/h4-9,12-13H,3,10-11H2,1-2H3,(H,21,22)/t13-/m1/s1. The van der Waals surface area contributed by atoms with Crippen molar-refractivity contribution < 1.29 is 18.3 Å². The quantitative estimate of drug-likeness (QED) is 0.884. The molecular weight excluding hydrogens is 338 g/mol. The van der Waals surface area contributed by atoms with E-state index in [1.165, 1.54) is 10.4 Å². The fourth-order valence-electron chi connectivity index (χ4n) is 3.09. The molecule has 5 nitrogen and oxygen atoms in total. The van der Waals surface area contributed by atoms with E-state index in [9.17, 15) is 13.2 Å². The van der Waals surface area contributed by atoms with Crippen LogP contribution < -0.4 is 4.31 Å². The molecule has 0 saturated heterocycles. The highest BCUT2D eigenvalue weighted by Gasteiger charge is 2.31. The molecule has 25 heavy (non-hydrogen) atoms. The highest BCUT2D eigenvalue weighted by atomic mass is 32.2. The van der Waals surface area contributed by atoms with Crippen molar-refractivity contribution in [2.45, 2.75) is 37.5 Å². The molecule has 1 atom stereocenters. The summed E-state index contributed by atoms with van der Waals surface area (Å²) in [6, 6.07) is 11.6. The first-order valence-corrected chi connectivity index (χ1v) is 9.77. The minimum atomic E-state index is -3.65. The van der Waals surface area contributed by atoms with Crippen LogP contribution in [0.4, 0.5) is 5.69 Å². The molecule has 0 spiro atoms. The summed E-state index contributed by atoms with van der Waals surface area (Å²) in [5.74, 6) is -0.622. The summed E-state index contributed by atoms with van der Waals surface area (Å²) in [6.45, 7) is 4.54. The van der Waals surface area contributed by atoms with Crippen LogP contribution >= 0.6 is 0 Å². The summed E-state index contributed by atoms with van der Waals surface area (Å²) in [7, 11) is -3.65. The smallest absolute Gasteiger partial charge is 0.335 e. The maximum Gasteiger partial charge on any atom is 0.335 e. The minimum Gasteiger partial charge on any atom is -0.478 e. The van der Waals surface area contributed by atoms with E-state index < -0.39 is 16.0 Å². The van der Waals surface area contributed by atoms with Crippen molar-refractivity contribution in [2.24, 2.45) is 0 Å². The molecule has 1 heterocycles. The van der Waals surface area contributed by atoms with Gasteiger partial charge in [-0.3, -0.25) is 4.31 Å². The van der Waals surface area contributed by atoms with Crippen molar-refractivity contribution in [2.75, 3.05) is 10.8 Å². The fourth-order valence-corrected chi connectivity index (χ4v) is 4.59. The van der Waals surface area contributed by atoms with Gasteiger partial charge < -0.3 is 5.11 Å². The number of fused-ring (bicyclic) bond motifs is 1. The van der Waals surface area contributed by atoms with E-state index in [2.05, 4.69) is 13.8 Å². The molecule has 0 unspecified atom stereocenters. The number of sulfonamides is 1. The highest BCUT2D eigenvalue weighted by Crippen LogP contribution is 2.34. The molecule has 6 heteroatoms. The van der Waals surface area contributed by atoms with Crippen LogP contribution in [-0.4, -0.2) is 26.0 Å². The van der Waals surface area contributed by atoms with E-state index in [1.54, 1.807) is 24.3 Å². The van der Waals surface area contributed by atoms with Gasteiger partial charge in [-0.05, 0) is 60.2 Å². The predicted molar refractivity (Wildman–Crippen MR) is 96.8 cm³/mol. The lowest BCUT2D eigenvalue weighted by Crippen LogP contribution is -2.29. The lowest BCUT2D eigenvalue weighted by Gasteiger charge is -2.20. The van der Waals surface area contributed by atoms with E-state index in [4.69, 9.17) is 5.11 Å². The molecule has 3 rings (SSSR count). The van der Waals surface area contributed by atoms with Crippen LogP contribution in [0, 0.1) is 0 Å². The third-order valence-corrected chi connectivity index (χ3v) is 6.66. The summed E-state index contributed by atoms with van der Waals surface area (Å²) in [5.41, 5.74) is 2.61. The van der Waals surface area contributed by atoms with Crippen molar-refractivity contribution in [3.8, 4) is 0 Å². The third kappa shape index (κ3) is 3.14. The van der Waals surface area contributed by atoms with Crippen LogP contribution in [0.5, 0.6) is 0 Å². The average Bonchev–Trinajstić information content (AvgIpc) is 3.05. The first-order valence-electron chi connectivity index (χ1n) is 8.33. The molecule has 0 amide bonds. The number of aromatic carboxylic acids is 1. The molecule has 0 saturated carbocycles. The predicted octanol–water partition coefficient (Wildman–Crippen LogP) is 3.65. The Morgan fingerprint density at radius 3 is 2.48 bits per heavy atom. The Labute approximate surface area is 148 Å². The Morgan fingerprint density at radius 1 is 1.20 bits per heavy atom. The maximum atomic E-state index is 13.0. The Balaban J connectivity index is 1.94. The second-order valence-corrected chi connectivity index (χ2v) is 8.22.